The molecule has 0 aromatic carbocycles. The second kappa shape index (κ2) is 7.35. The van der Waals surface area contributed by atoms with Gasteiger partial charge < -0.3 is 9.80 Å². The van der Waals surface area contributed by atoms with Gasteiger partial charge in [0.15, 0.2) is 0 Å². The monoisotopic (exact) mass is 380 g/mol. The van der Waals surface area contributed by atoms with E-state index >= 15 is 0 Å². The van der Waals surface area contributed by atoms with Gasteiger partial charge >= 0.3 is 11.8 Å². The predicted molar refractivity (Wildman–Crippen MR) is 88.9 cm³/mol. The minimum Gasteiger partial charge on any atom is -0.337 e. The van der Waals surface area contributed by atoms with E-state index in [1.165, 1.54) is 0 Å². The zero-order chi connectivity index (χ0) is 19.9. The van der Waals surface area contributed by atoms with Gasteiger partial charge in [0.25, 0.3) is 11.8 Å². The number of likely N-dealkylation sites (tertiary alicyclic amines) is 2. The quantitative estimate of drug-likeness (QED) is 0.705. The highest BCUT2D eigenvalue weighted by Crippen LogP contribution is 2.39. The Morgan fingerprint density at radius 3 is 1.12 bits per heavy atom. The number of rotatable bonds is 3. The summed E-state index contributed by atoms with van der Waals surface area (Å²) in [4.78, 5) is 26.0. The lowest BCUT2D eigenvalue weighted by molar-refractivity contribution is -0.225. The number of hydrogen-bond acceptors (Lipinski definition) is 2. The zero-order valence-electron chi connectivity index (χ0n) is 15.8. The van der Waals surface area contributed by atoms with Crippen molar-refractivity contribution in [1.29, 1.82) is 0 Å². The number of amides is 2. The summed E-state index contributed by atoms with van der Waals surface area (Å²) in [7, 11) is 0. The molecule has 0 spiro atoms. The van der Waals surface area contributed by atoms with Crippen molar-refractivity contribution in [3.8, 4) is 0 Å². The summed E-state index contributed by atoms with van der Waals surface area (Å²) in [5, 5.41) is 0. The van der Waals surface area contributed by atoms with Crippen LogP contribution in [0, 0.1) is 23.7 Å². The lowest BCUT2D eigenvalue weighted by atomic mass is 9.90. The summed E-state index contributed by atoms with van der Waals surface area (Å²) in [6.07, 6.45) is 1.49. The minimum atomic E-state index is -5.05. The van der Waals surface area contributed by atoms with E-state index in [0.29, 0.717) is 0 Å². The van der Waals surface area contributed by atoms with Gasteiger partial charge in [-0.1, -0.05) is 27.7 Å². The maximum Gasteiger partial charge on any atom is 0.395 e. The molecule has 0 aromatic rings. The number of carbonyl (C=O) groups excluding carboxylic acids is 2. The molecule has 0 aliphatic carbocycles. The number of hydrogen-bond donors (Lipinski definition) is 0. The topological polar surface area (TPSA) is 40.6 Å². The highest BCUT2D eigenvalue weighted by atomic mass is 19.3. The standard InChI is InChI=1S/C18H28F4N2O2/c1-11-5-12(2)8-23(7-11)15(25)17(19,20)18(21,22)16(26)24-9-13(3)6-14(4)10-24/h11-14H,5-10H2,1-4H3. The SMILES string of the molecule is CC1CC(C)CN(C(=O)C(F)(F)C(F)(F)C(=O)N2CC(C)CC(C)C2)C1. The minimum absolute atomic E-state index is 0.000810. The molecule has 4 nitrogen and oxygen atoms in total. The van der Waals surface area contributed by atoms with Gasteiger partial charge in [-0.05, 0) is 36.5 Å². The fraction of sp³-hybridized carbons (Fsp3) is 0.889. The maximum absolute atomic E-state index is 14.4. The predicted octanol–water partition coefficient (Wildman–Crippen LogP) is 3.27. The Hall–Kier alpha value is -1.34. The molecule has 4 atom stereocenters. The van der Waals surface area contributed by atoms with Gasteiger partial charge in [-0.15, -0.1) is 0 Å². The van der Waals surface area contributed by atoms with Crippen LogP contribution in [-0.2, 0) is 9.59 Å². The highest BCUT2D eigenvalue weighted by Gasteiger charge is 2.69. The van der Waals surface area contributed by atoms with E-state index in [1.54, 1.807) is 27.7 Å². The zero-order valence-corrected chi connectivity index (χ0v) is 15.8. The number of halogens is 4. The van der Waals surface area contributed by atoms with Crippen molar-refractivity contribution in [2.45, 2.75) is 52.4 Å². The highest BCUT2D eigenvalue weighted by molar-refractivity contribution is 5.95. The average molecular weight is 380 g/mol. The number of alkyl halides is 4. The normalized spacial score (nSPS) is 31.1. The molecule has 2 rings (SSSR count). The number of carbonyl (C=O) groups is 2. The van der Waals surface area contributed by atoms with E-state index in [0.717, 1.165) is 22.6 Å². The molecule has 26 heavy (non-hydrogen) atoms. The van der Waals surface area contributed by atoms with E-state index < -0.39 is 23.7 Å². The van der Waals surface area contributed by atoms with Crippen molar-refractivity contribution in [1.82, 2.24) is 9.80 Å². The largest absolute Gasteiger partial charge is 0.395 e. The van der Waals surface area contributed by atoms with Gasteiger partial charge in [-0.25, -0.2) is 0 Å². The van der Waals surface area contributed by atoms with Gasteiger partial charge in [0.1, 0.15) is 0 Å². The molecule has 2 saturated heterocycles. The molecule has 0 saturated carbocycles. The first-order valence-corrected chi connectivity index (χ1v) is 9.20. The number of piperidine rings is 2. The Kier molecular flexibility index (Phi) is 5.93. The third-order valence-electron chi connectivity index (χ3n) is 5.24. The van der Waals surface area contributed by atoms with Crippen molar-refractivity contribution in [2.24, 2.45) is 23.7 Å². The maximum atomic E-state index is 14.4. The van der Waals surface area contributed by atoms with Gasteiger partial charge in [0.05, 0.1) is 0 Å². The van der Waals surface area contributed by atoms with Crippen LogP contribution in [0.15, 0.2) is 0 Å². The third-order valence-corrected chi connectivity index (χ3v) is 5.24. The van der Waals surface area contributed by atoms with Gasteiger partial charge in [0.2, 0.25) is 0 Å². The first-order chi connectivity index (χ1) is 11.9. The summed E-state index contributed by atoms with van der Waals surface area (Å²) in [5.74, 6) is -14.2. The fourth-order valence-corrected chi connectivity index (χ4v) is 4.32. The molecule has 2 heterocycles. The number of nitrogens with zero attached hydrogens (tertiary/aromatic N) is 2. The van der Waals surface area contributed by atoms with Crippen LogP contribution >= 0.6 is 0 Å². The molecule has 150 valence electrons. The molecule has 2 aliphatic rings. The molecule has 0 aromatic heterocycles. The molecule has 8 heteroatoms. The molecule has 0 radical (unpaired) electrons. The first kappa shape index (κ1) is 21.0. The van der Waals surface area contributed by atoms with Crippen molar-refractivity contribution in [3.05, 3.63) is 0 Å². The molecule has 2 aliphatic heterocycles. The molecule has 2 amide bonds. The van der Waals surface area contributed by atoms with Crippen molar-refractivity contribution < 1.29 is 27.2 Å². The van der Waals surface area contributed by atoms with Crippen molar-refractivity contribution in [3.63, 3.8) is 0 Å². The molecular formula is C18H28F4N2O2. The van der Waals surface area contributed by atoms with Gasteiger partial charge in [0, 0.05) is 26.2 Å². The van der Waals surface area contributed by atoms with E-state index in [1.807, 2.05) is 0 Å². The van der Waals surface area contributed by atoms with Crippen LogP contribution in [0.5, 0.6) is 0 Å². The van der Waals surface area contributed by atoms with Crippen LogP contribution in [0.2, 0.25) is 0 Å². The third kappa shape index (κ3) is 3.98. The molecular weight excluding hydrogens is 352 g/mol. The first-order valence-electron chi connectivity index (χ1n) is 9.20. The Balaban J connectivity index is 2.19. The lowest BCUT2D eigenvalue weighted by Gasteiger charge is -2.40. The van der Waals surface area contributed by atoms with Crippen molar-refractivity contribution in [2.75, 3.05) is 26.2 Å². The summed E-state index contributed by atoms with van der Waals surface area (Å²) in [6, 6.07) is 0. The Morgan fingerprint density at radius 2 is 0.885 bits per heavy atom. The Bertz CT molecular complexity index is 487. The summed E-state index contributed by atoms with van der Waals surface area (Å²) < 4.78 is 57.8. The van der Waals surface area contributed by atoms with Crippen LogP contribution in [-0.4, -0.2) is 59.6 Å². The Morgan fingerprint density at radius 1 is 0.654 bits per heavy atom. The fourth-order valence-electron chi connectivity index (χ4n) is 4.32. The van der Waals surface area contributed by atoms with Gasteiger partial charge in [-0.2, -0.15) is 17.6 Å². The lowest BCUT2D eigenvalue weighted by Crippen LogP contribution is -2.63. The molecule has 4 unspecified atom stereocenters. The molecule has 0 N–H and O–H groups in total. The molecule has 0 bridgehead atoms. The summed E-state index contributed by atoms with van der Waals surface area (Å²) in [6.45, 7) is 7.15. The van der Waals surface area contributed by atoms with E-state index in [2.05, 4.69) is 0 Å². The van der Waals surface area contributed by atoms with E-state index in [-0.39, 0.29) is 49.9 Å². The smallest absolute Gasteiger partial charge is 0.337 e. The summed E-state index contributed by atoms with van der Waals surface area (Å²) in [5.41, 5.74) is 0. The van der Waals surface area contributed by atoms with Gasteiger partial charge in [-0.3, -0.25) is 9.59 Å². The average Bonchev–Trinajstić information content (AvgIpc) is 2.51. The van der Waals surface area contributed by atoms with Crippen LogP contribution in [0.1, 0.15) is 40.5 Å². The second-order valence-corrected chi connectivity index (χ2v) is 8.46. The second-order valence-electron chi connectivity index (χ2n) is 8.46. The van der Waals surface area contributed by atoms with E-state index in [9.17, 15) is 27.2 Å². The molecule has 2 fully saturated rings. The van der Waals surface area contributed by atoms with Crippen LogP contribution in [0.4, 0.5) is 17.6 Å². The van der Waals surface area contributed by atoms with Crippen LogP contribution in [0.25, 0.3) is 0 Å². The summed E-state index contributed by atoms with van der Waals surface area (Å²) >= 11 is 0. The van der Waals surface area contributed by atoms with Crippen LogP contribution in [0.3, 0.4) is 0 Å². The van der Waals surface area contributed by atoms with E-state index in [4.69, 9.17) is 0 Å². The Labute approximate surface area is 151 Å². The van der Waals surface area contributed by atoms with Crippen LogP contribution < -0.4 is 0 Å². The van der Waals surface area contributed by atoms with Crippen molar-refractivity contribution >= 4 is 11.8 Å².